The molecule has 0 radical (unpaired) electrons. The van der Waals surface area contributed by atoms with Crippen LogP contribution in [-0.2, 0) is 16.6 Å². The Morgan fingerprint density at radius 3 is 2.52 bits per heavy atom. The summed E-state index contributed by atoms with van der Waals surface area (Å²) >= 11 is 0. The van der Waals surface area contributed by atoms with Gasteiger partial charge in [0.1, 0.15) is 0 Å². The second-order valence-corrected chi connectivity index (χ2v) is 6.00. The molecule has 1 aromatic heterocycles. The van der Waals surface area contributed by atoms with Crippen molar-refractivity contribution in [1.82, 2.24) is 9.78 Å². The first-order chi connectivity index (χ1) is 12.8. The molecule has 8 heteroatoms. The monoisotopic (exact) mass is 375 g/mol. The zero-order valence-electron chi connectivity index (χ0n) is 16.5. The Bertz CT molecular complexity index is 844. The standard InChI is InChI=1S/C19H25N3O5/c1-7-26-16-10-14(8-9-15(16)25-6)19(24)27-13(4)18(23)20-17-11(2)21-22(5)12(17)3/h8-10,13H,7H2,1-6H3,(H,20,23)/t13-/m1/s1. The van der Waals surface area contributed by atoms with Crippen molar-refractivity contribution in [2.24, 2.45) is 7.05 Å². The van der Waals surface area contributed by atoms with Crippen LogP contribution in [0.5, 0.6) is 11.5 Å². The number of hydrogen-bond donors (Lipinski definition) is 1. The fourth-order valence-electron chi connectivity index (χ4n) is 2.53. The molecule has 0 spiro atoms. The molecule has 0 bridgehead atoms. The van der Waals surface area contributed by atoms with Crippen molar-refractivity contribution in [3.63, 3.8) is 0 Å². The highest BCUT2D eigenvalue weighted by Crippen LogP contribution is 2.28. The molecule has 1 heterocycles. The van der Waals surface area contributed by atoms with Gasteiger partial charge in [-0.1, -0.05) is 0 Å². The first kappa shape index (κ1) is 20.3. The van der Waals surface area contributed by atoms with Crippen LogP contribution >= 0.6 is 0 Å². The Hall–Kier alpha value is -3.03. The summed E-state index contributed by atoms with van der Waals surface area (Å²) in [6, 6.07) is 4.71. The molecule has 1 atom stereocenters. The van der Waals surface area contributed by atoms with Crippen molar-refractivity contribution < 1.29 is 23.8 Å². The molecule has 1 N–H and O–H groups in total. The van der Waals surface area contributed by atoms with Gasteiger partial charge in [0.05, 0.1) is 36.4 Å². The first-order valence-corrected chi connectivity index (χ1v) is 8.61. The van der Waals surface area contributed by atoms with E-state index in [0.717, 1.165) is 5.69 Å². The number of amides is 1. The molecular weight excluding hydrogens is 350 g/mol. The fraction of sp³-hybridized carbons (Fsp3) is 0.421. The summed E-state index contributed by atoms with van der Waals surface area (Å²) in [7, 11) is 3.31. The van der Waals surface area contributed by atoms with Crippen molar-refractivity contribution in [3.8, 4) is 11.5 Å². The van der Waals surface area contributed by atoms with Gasteiger partial charge in [-0.25, -0.2) is 4.79 Å². The van der Waals surface area contributed by atoms with E-state index in [-0.39, 0.29) is 5.56 Å². The molecule has 0 saturated heterocycles. The molecule has 0 fully saturated rings. The zero-order valence-corrected chi connectivity index (χ0v) is 16.5. The van der Waals surface area contributed by atoms with Crippen LogP contribution in [0, 0.1) is 13.8 Å². The normalized spacial score (nSPS) is 11.6. The number of benzene rings is 1. The average molecular weight is 375 g/mol. The van der Waals surface area contributed by atoms with E-state index in [4.69, 9.17) is 14.2 Å². The lowest BCUT2D eigenvalue weighted by atomic mass is 10.2. The van der Waals surface area contributed by atoms with E-state index in [1.165, 1.54) is 20.1 Å². The number of anilines is 1. The number of aryl methyl sites for hydroxylation is 2. The molecule has 1 amide bonds. The number of methoxy groups -OCH3 is 1. The third-order valence-electron chi connectivity index (χ3n) is 4.11. The predicted molar refractivity (Wildman–Crippen MR) is 100 cm³/mol. The largest absolute Gasteiger partial charge is 0.493 e. The van der Waals surface area contributed by atoms with Crippen molar-refractivity contribution >= 4 is 17.6 Å². The van der Waals surface area contributed by atoms with Crippen LogP contribution < -0.4 is 14.8 Å². The molecule has 0 saturated carbocycles. The van der Waals surface area contributed by atoms with E-state index in [0.29, 0.717) is 29.5 Å². The molecule has 2 aromatic rings. The molecule has 1 aromatic carbocycles. The number of nitrogens with one attached hydrogen (secondary N) is 1. The molecule has 27 heavy (non-hydrogen) atoms. The lowest BCUT2D eigenvalue weighted by molar-refractivity contribution is -0.123. The third-order valence-corrected chi connectivity index (χ3v) is 4.11. The van der Waals surface area contributed by atoms with Gasteiger partial charge in [-0.2, -0.15) is 5.10 Å². The molecule has 2 rings (SSSR count). The van der Waals surface area contributed by atoms with Crippen LogP contribution in [0.2, 0.25) is 0 Å². The molecule has 0 aliphatic rings. The quantitative estimate of drug-likeness (QED) is 0.748. The maximum Gasteiger partial charge on any atom is 0.339 e. The molecule has 146 valence electrons. The van der Waals surface area contributed by atoms with E-state index in [9.17, 15) is 9.59 Å². The Kier molecular flexibility index (Phi) is 6.44. The summed E-state index contributed by atoms with van der Waals surface area (Å²) in [6.07, 6.45) is -0.978. The maximum absolute atomic E-state index is 12.4. The summed E-state index contributed by atoms with van der Waals surface area (Å²) in [4.78, 5) is 24.8. The van der Waals surface area contributed by atoms with Crippen molar-refractivity contribution in [2.75, 3.05) is 19.0 Å². The smallest absolute Gasteiger partial charge is 0.339 e. The Labute approximate surface area is 158 Å². The van der Waals surface area contributed by atoms with Crippen molar-refractivity contribution in [3.05, 3.63) is 35.2 Å². The summed E-state index contributed by atoms with van der Waals surface area (Å²) in [5.41, 5.74) is 2.40. The van der Waals surface area contributed by atoms with Gasteiger partial charge in [0.15, 0.2) is 17.6 Å². The van der Waals surface area contributed by atoms with Gasteiger partial charge >= 0.3 is 5.97 Å². The number of aromatic nitrogens is 2. The second kappa shape index (κ2) is 8.57. The molecule has 0 unspecified atom stereocenters. The van der Waals surface area contributed by atoms with Crippen LogP contribution in [0.25, 0.3) is 0 Å². The number of carbonyl (C=O) groups is 2. The molecule has 8 nitrogen and oxygen atoms in total. The minimum Gasteiger partial charge on any atom is -0.493 e. The van der Waals surface area contributed by atoms with Gasteiger partial charge in [-0.15, -0.1) is 0 Å². The van der Waals surface area contributed by atoms with E-state index in [2.05, 4.69) is 10.4 Å². The number of carbonyl (C=O) groups excluding carboxylic acids is 2. The Balaban J connectivity index is 2.08. The van der Waals surface area contributed by atoms with Crippen LogP contribution in [0.1, 0.15) is 35.6 Å². The average Bonchev–Trinajstić information content (AvgIpc) is 2.87. The Morgan fingerprint density at radius 2 is 1.96 bits per heavy atom. The molecule has 0 aliphatic heterocycles. The lowest BCUT2D eigenvalue weighted by Gasteiger charge is -2.15. The van der Waals surface area contributed by atoms with E-state index in [1.54, 1.807) is 30.8 Å². The topological polar surface area (TPSA) is 91.7 Å². The van der Waals surface area contributed by atoms with Gasteiger partial charge < -0.3 is 19.5 Å². The Morgan fingerprint density at radius 1 is 1.26 bits per heavy atom. The third kappa shape index (κ3) is 4.58. The van der Waals surface area contributed by atoms with Crippen LogP contribution in [0.3, 0.4) is 0 Å². The highest BCUT2D eigenvalue weighted by atomic mass is 16.5. The second-order valence-electron chi connectivity index (χ2n) is 6.00. The van der Waals surface area contributed by atoms with Gasteiger partial charge in [-0.05, 0) is 45.9 Å². The number of nitrogens with zero attached hydrogens (tertiary/aromatic N) is 2. The van der Waals surface area contributed by atoms with Crippen LogP contribution in [0.15, 0.2) is 18.2 Å². The van der Waals surface area contributed by atoms with Crippen molar-refractivity contribution in [1.29, 1.82) is 0 Å². The van der Waals surface area contributed by atoms with Crippen LogP contribution in [-0.4, -0.2) is 41.5 Å². The summed E-state index contributed by atoms with van der Waals surface area (Å²) in [5, 5.41) is 7.01. The lowest BCUT2D eigenvalue weighted by Crippen LogP contribution is -2.30. The summed E-state index contributed by atoms with van der Waals surface area (Å²) in [5.74, 6) is -0.100. The number of hydrogen-bond acceptors (Lipinski definition) is 6. The first-order valence-electron chi connectivity index (χ1n) is 8.61. The summed E-state index contributed by atoms with van der Waals surface area (Å²) < 4.78 is 17.6. The number of esters is 1. The van der Waals surface area contributed by atoms with Gasteiger partial charge in [0.2, 0.25) is 0 Å². The zero-order chi connectivity index (χ0) is 20.1. The number of rotatable bonds is 7. The van der Waals surface area contributed by atoms with E-state index in [1.807, 2.05) is 13.8 Å². The molecular formula is C19H25N3O5. The van der Waals surface area contributed by atoms with E-state index < -0.39 is 18.0 Å². The molecule has 0 aliphatic carbocycles. The van der Waals surface area contributed by atoms with Gasteiger partial charge in [0, 0.05) is 7.05 Å². The predicted octanol–water partition coefficient (Wildman–Crippen LogP) is 2.63. The van der Waals surface area contributed by atoms with Crippen molar-refractivity contribution in [2.45, 2.75) is 33.8 Å². The minimum atomic E-state index is -0.978. The van der Waals surface area contributed by atoms with Gasteiger partial charge in [-0.3, -0.25) is 9.48 Å². The number of ether oxygens (including phenoxy) is 3. The van der Waals surface area contributed by atoms with E-state index >= 15 is 0 Å². The minimum absolute atomic E-state index is 0.271. The highest BCUT2D eigenvalue weighted by molar-refractivity contribution is 5.98. The maximum atomic E-state index is 12.4. The highest BCUT2D eigenvalue weighted by Gasteiger charge is 2.22. The van der Waals surface area contributed by atoms with Gasteiger partial charge in [0.25, 0.3) is 5.91 Å². The summed E-state index contributed by atoms with van der Waals surface area (Å²) in [6.45, 7) is 7.42. The SMILES string of the molecule is CCOc1cc(C(=O)O[C@H](C)C(=O)Nc2c(C)nn(C)c2C)ccc1OC. The van der Waals surface area contributed by atoms with Crippen LogP contribution in [0.4, 0.5) is 5.69 Å². The fourth-order valence-corrected chi connectivity index (χ4v) is 2.53.